The molecule has 0 amide bonds. The van der Waals surface area contributed by atoms with Crippen LogP contribution in [-0.4, -0.2) is 17.2 Å². The predicted octanol–water partition coefficient (Wildman–Crippen LogP) is 2.63. The molecule has 5 nitrogen and oxygen atoms in total. The largest absolute Gasteiger partial charge is 0.483 e. The van der Waals surface area contributed by atoms with Crippen LogP contribution in [0.5, 0.6) is 5.75 Å². The van der Waals surface area contributed by atoms with Crippen LogP contribution >= 0.6 is 0 Å². The number of nitrogens with zero attached hydrogens (tertiary/aromatic N) is 2. The van der Waals surface area contributed by atoms with Gasteiger partial charge < -0.3 is 14.6 Å². The molecule has 0 aliphatic heterocycles. The summed E-state index contributed by atoms with van der Waals surface area (Å²) in [5.41, 5.74) is 0.746. The van der Waals surface area contributed by atoms with Gasteiger partial charge in [0.2, 0.25) is 0 Å². The van der Waals surface area contributed by atoms with E-state index in [0.29, 0.717) is 24.0 Å². The maximum Gasteiger partial charge on any atom is 0.264 e. The lowest BCUT2D eigenvalue weighted by Gasteiger charge is -2.09. The van der Waals surface area contributed by atoms with Crippen LogP contribution in [0.1, 0.15) is 37.0 Å². The second kappa shape index (κ2) is 6.47. The summed E-state index contributed by atoms with van der Waals surface area (Å²) < 4.78 is 23.9. The van der Waals surface area contributed by atoms with Gasteiger partial charge >= 0.3 is 0 Å². The minimum atomic E-state index is -0.289. The lowest BCUT2D eigenvalue weighted by molar-refractivity contribution is 0.240. The van der Waals surface area contributed by atoms with Crippen molar-refractivity contribution in [3.05, 3.63) is 41.3 Å². The molecular formula is C14H18FN3O2. The third-order valence-corrected chi connectivity index (χ3v) is 2.74. The number of rotatable bonds is 6. The molecule has 0 aliphatic carbocycles. The van der Waals surface area contributed by atoms with E-state index in [1.807, 2.05) is 13.8 Å². The third-order valence-electron chi connectivity index (χ3n) is 2.74. The van der Waals surface area contributed by atoms with Crippen molar-refractivity contribution in [2.75, 3.05) is 7.05 Å². The van der Waals surface area contributed by atoms with Gasteiger partial charge in [-0.3, -0.25) is 0 Å². The van der Waals surface area contributed by atoms with Crippen LogP contribution in [0, 0.1) is 5.82 Å². The Hall–Kier alpha value is -1.95. The Morgan fingerprint density at radius 1 is 1.40 bits per heavy atom. The van der Waals surface area contributed by atoms with E-state index in [2.05, 4.69) is 15.5 Å². The molecule has 0 fully saturated rings. The Morgan fingerprint density at radius 3 is 2.85 bits per heavy atom. The molecular weight excluding hydrogens is 261 g/mol. The number of benzene rings is 1. The Kier molecular flexibility index (Phi) is 4.68. The summed E-state index contributed by atoms with van der Waals surface area (Å²) in [5.74, 6) is 1.58. The number of ether oxygens (including phenoxy) is 1. The van der Waals surface area contributed by atoms with Crippen LogP contribution in [0.15, 0.2) is 22.7 Å². The van der Waals surface area contributed by atoms with Gasteiger partial charge in [0, 0.05) is 18.0 Å². The molecule has 6 heteroatoms. The van der Waals surface area contributed by atoms with Gasteiger partial charge in [0.15, 0.2) is 12.4 Å². The molecule has 2 aromatic rings. The van der Waals surface area contributed by atoms with Crippen molar-refractivity contribution in [2.45, 2.75) is 32.9 Å². The van der Waals surface area contributed by atoms with Crippen molar-refractivity contribution in [3.63, 3.8) is 0 Å². The first-order valence-electron chi connectivity index (χ1n) is 6.48. The molecule has 0 radical (unpaired) electrons. The number of hydrogen-bond acceptors (Lipinski definition) is 5. The lowest BCUT2D eigenvalue weighted by Crippen LogP contribution is -2.08. The quantitative estimate of drug-likeness (QED) is 0.880. The topological polar surface area (TPSA) is 60.2 Å². The molecule has 0 saturated heterocycles. The van der Waals surface area contributed by atoms with Gasteiger partial charge in [0.05, 0.1) is 0 Å². The maximum absolute atomic E-state index is 13.2. The summed E-state index contributed by atoms with van der Waals surface area (Å²) in [6.45, 7) is 4.66. The highest BCUT2D eigenvalue weighted by atomic mass is 19.1. The molecule has 0 saturated carbocycles. The van der Waals surface area contributed by atoms with Gasteiger partial charge in [0.25, 0.3) is 5.89 Å². The standard InChI is InChI=1S/C14H18FN3O2/c1-9(2)14-17-13(20-18-14)8-19-12-5-4-11(15)6-10(12)7-16-3/h4-6,9,16H,7-8H2,1-3H3. The molecule has 1 aromatic heterocycles. The summed E-state index contributed by atoms with van der Waals surface area (Å²) in [6, 6.07) is 4.41. The zero-order valence-corrected chi connectivity index (χ0v) is 11.8. The molecule has 0 aliphatic rings. The van der Waals surface area contributed by atoms with Crippen LogP contribution in [0.2, 0.25) is 0 Å². The maximum atomic E-state index is 13.2. The number of hydrogen-bond donors (Lipinski definition) is 1. The van der Waals surface area contributed by atoms with Gasteiger partial charge in [-0.2, -0.15) is 4.98 Å². The fraction of sp³-hybridized carbons (Fsp3) is 0.429. The lowest BCUT2D eigenvalue weighted by atomic mass is 10.2. The van der Waals surface area contributed by atoms with E-state index in [4.69, 9.17) is 9.26 Å². The number of halogens is 1. The average molecular weight is 279 g/mol. The summed E-state index contributed by atoms with van der Waals surface area (Å²) in [7, 11) is 1.79. The zero-order chi connectivity index (χ0) is 14.5. The van der Waals surface area contributed by atoms with Gasteiger partial charge in [0.1, 0.15) is 11.6 Å². The van der Waals surface area contributed by atoms with Gasteiger partial charge in [-0.05, 0) is 25.2 Å². The van der Waals surface area contributed by atoms with Gasteiger partial charge in [-0.1, -0.05) is 19.0 Å². The highest BCUT2D eigenvalue weighted by Gasteiger charge is 2.11. The van der Waals surface area contributed by atoms with E-state index in [0.717, 1.165) is 5.56 Å². The molecule has 20 heavy (non-hydrogen) atoms. The van der Waals surface area contributed by atoms with E-state index in [9.17, 15) is 4.39 Å². The second-order valence-electron chi connectivity index (χ2n) is 4.77. The zero-order valence-electron chi connectivity index (χ0n) is 11.8. The third kappa shape index (κ3) is 3.54. The van der Waals surface area contributed by atoms with E-state index in [1.165, 1.54) is 12.1 Å². The van der Waals surface area contributed by atoms with Crippen LogP contribution in [0.3, 0.4) is 0 Å². The Morgan fingerprint density at radius 2 is 2.20 bits per heavy atom. The molecule has 1 aromatic carbocycles. The van der Waals surface area contributed by atoms with Crippen molar-refractivity contribution in [2.24, 2.45) is 0 Å². The summed E-state index contributed by atoms with van der Waals surface area (Å²) in [5, 5.41) is 6.83. The molecule has 0 unspecified atom stereocenters. The van der Waals surface area contributed by atoms with E-state index < -0.39 is 0 Å². The predicted molar refractivity (Wildman–Crippen MR) is 71.9 cm³/mol. The van der Waals surface area contributed by atoms with Gasteiger partial charge in [-0.15, -0.1) is 0 Å². The average Bonchev–Trinajstić information content (AvgIpc) is 2.87. The first-order valence-corrected chi connectivity index (χ1v) is 6.48. The minimum absolute atomic E-state index is 0.169. The summed E-state index contributed by atoms with van der Waals surface area (Å²) in [4.78, 5) is 4.23. The summed E-state index contributed by atoms with van der Waals surface area (Å²) >= 11 is 0. The second-order valence-corrected chi connectivity index (χ2v) is 4.77. The van der Waals surface area contributed by atoms with E-state index >= 15 is 0 Å². The SMILES string of the molecule is CNCc1cc(F)ccc1OCc1nc(C(C)C)no1. The molecule has 0 spiro atoms. The normalized spacial score (nSPS) is 11.1. The van der Waals surface area contributed by atoms with Crippen molar-refractivity contribution in [1.82, 2.24) is 15.5 Å². The van der Waals surface area contributed by atoms with Crippen molar-refractivity contribution in [1.29, 1.82) is 0 Å². The Labute approximate surface area is 117 Å². The molecule has 108 valence electrons. The Balaban J connectivity index is 2.06. The highest BCUT2D eigenvalue weighted by molar-refractivity contribution is 5.33. The fourth-order valence-electron chi connectivity index (χ4n) is 1.72. The molecule has 1 N–H and O–H groups in total. The number of aromatic nitrogens is 2. The molecule has 0 atom stereocenters. The van der Waals surface area contributed by atoms with E-state index in [-0.39, 0.29) is 18.3 Å². The molecule has 0 bridgehead atoms. The highest BCUT2D eigenvalue weighted by Crippen LogP contribution is 2.21. The fourth-order valence-corrected chi connectivity index (χ4v) is 1.72. The number of nitrogens with one attached hydrogen (secondary N) is 1. The van der Waals surface area contributed by atoms with Gasteiger partial charge in [-0.25, -0.2) is 4.39 Å². The molecule has 2 rings (SSSR count). The Bertz CT molecular complexity index is 569. The van der Waals surface area contributed by atoms with E-state index in [1.54, 1.807) is 13.1 Å². The summed E-state index contributed by atoms with van der Waals surface area (Å²) in [6.07, 6.45) is 0. The van der Waals surface area contributed by atoms with Crippen molar-refractivity contribution in [3.8, 4) is 5.75 Å². The minimum Gasteiger partial charge on any atom is -0.483 e. The smallest absolute Gasteiger partial charge is 0.264 e. The van der Waals surface area contributed by atoms with Crippen molar-refractivity contribution >= 4 is 0 Å². The van der Waals surface area contributed by atoms with Crippen LogP contribution < -0.4 is 10.1 Å². The first kappa shape index (κ1) is 14.5. The monoisotopic (exact) mass is 279 g/mol. The van der Waals surface area contributed by atoms with Crippen LogP contribution in [0.25, 0.3) is 0 Å². The van der Waals surface area contributed by atoms with Crippen molar-refractivity contribution < 1.29 is 13.7 Å². The molecule has 1 heterocycles. The van der Waals surface area contributed by atoms with Crippen LogP contribution in [-0.2, 0) is 13.2 Å². The first-order chi connectivity index (χ1) is 9.60. The van der Waals surface area contributed by atoms with Crippen LogP contribution in [0.4, 0.5) is 4.39 Å².